The molecule has 0 bridgehead atoms. The van der Waals surface area contributed by atoms with Gasteiger partial charge >= 0.3 is 20.2 Å². The van der Waals surface area contributed by atoms with Crippen LogP contribution in [0.5, 0.6) is 11.5 Å². The first-order valence-corrected chi connectivity index (χ1v) is 11.3. The lowest BCUT2D eigenvalue weighted by molar-refractivity contribution is -0.159. The zero-order chi connectivity index (χ0) is 24.3. The first-order valence-electron chi connectivity index (χ1n) is 9.38. The zero-order valence-electron chi connectivity index (χ0n) is 17.7. The molecule has 0 aromatic heterocycles. The van der Waals surface area contributed by atoms with Gasteiger partial charge in [0.25, 0.3) is 0 Å². The predicted octanol–water partition coefficient (Wildman–Crippen LogP) is 7.30. The lowest BCUT2D eigenvalue weighted by atomic mass is 9.98. The quantitative estimate of drug-likeness (QED) is 0.221. The Labute approximate surface area is 194 Å². The molecule has 0 saturated heterocycles. The van der Waals surface area contributed by atoms with Gasteiger partial charge in [0, 0.05) is 6.07 Å². The van der Waals surface area contributed by atoms with E-state index in [0.29, 0.717) is 12.0 Å². The maximum Gasteiger partial charge on any atom is 0.554 e. The van der Waals surface area contributed by atoms with E-state index < -0.39 is 37.9 Å². The predicted molar refractivity (Wildman–Crippen MR) is 116 cm³/mol. The number of carbonyl (C=O) groups is 1. The fourth-order valence-corrected chi connectivity index (χ4v) is 3.75. The van der Waals surface area contributed by atoms with Gasteiger partial charge < -0.3 is 9.47 Å². The summed E-state index contributed by atoms with van der Waals surface area (Å²) in [6.45, 7) is 6.25. The molecular formula is C21H21Cl2F3O5P+. The Bertz CT molecular complexity index is 1020. The molecule has 2 rings (SSSR count). The van der Waals surface area contributed by atoms with E-state index in [0.717, 1.165) is 18.2 Å². The van der Waals surface area contributed by atoms with Gasteiger partial charge in [0.2, 0.25) is 12.1 Å². The monoisotopic (exact) mass is 511 g/mol. The third-order valence-corrected chi connectivity index (χ3v) is 6.00. The number of benzene rings is 2. The molecule has 174 valence electrons. The van der Waals surface area contributed by atoms with Crippen molar-refractivity contribution in [2.45, 2.75) is 40.3 Å². The number of carbonyl (C=O) groups excluding carboxylic acids is 1. The summed E-state index contributed by atoms with van der Waals surface area (Å²) in [5.74, 6) is -0.348. The highest BCUT2D eigenvalue weighted by atomic mass is 35.5. The van der Waals surface area contributed by atoms with Crippen molar-refractivity contribution in [1.82, 2.24) is 0 Å². The van der Waals surface area contributed by atoms with Crippen LogP contribution in [0, 0.1) is 5.41 Å². The van der Waals surface area contributed by atoms with Crippen LogP contribution in [0.15, 0.2) is 30.3 Å². The minimum Gasteiger partial charge on any atom is -0.455 e. The van der Waals surface area contributed by atoms with E-state index in [9.17, 15) is 22.5 Å². The van der Waals surface area contributed by atoms with E-state index in [1.165, 1.54) is 12.1 Å². The molecule has 0 aliphatic rings. The highest BCUT2D eigenvalue weighted by Gasteiger charge is 2.32. The number of ether oxygens (including phenoxy) is 2. The summed E-state index contributed by atoms with van der Waals surface area (Å²) < 4.78 is 66.9. The molecule has 2 aromatic rings. The number of hydrogen-bond acceptors (Lipinski definition) is 5. The Morgan fingerprint density at radius 2 is 1.69 bits per heavy atom. The second kappa shape index (κ2) is 10.4. The second-order valence-electron chi connectivity index (χ2n) is 7.70. The zero-order valence-corrected chi connectivity index (χ0v) is 20.1. The highest BCUT2D eigenvalue weighted by Crippen LogP contribution is 2.38. The molecule has 11 heteroatoms. The molecule has 0 aliphatic heterocycles. The van der Waals surface area contributed by atoms with Crippen molar-refractivity contribution in [3.05, 3.63) is 51.5 Å². The molecule has 2 aromatic carbocycles. The van der Waals surface area contributed by atoms with E-state index in [-0.39, 0.29) is 26.8 Å². The number of alkyl halides is 3. The summed E-state index contributed by atoms with van der Waals surface area (Å²) in [7, 11) is -2.52. The van der Waals surface area contributed by atoms with Crippen LogP contribution in [-0.2, 0) is 31.2 Å². The molecule has 0 radical (unpaired) electrons. The Morgan fingerprint density at radius 1 is 1.03 bits per heavy atom. The van der Waals surface area contributed by atoms with Crippen molar-refractivity contribution in [2.24, 2.45) is 5.41 Å². The van der Waals surface area contributed by atoms with Crippen molar-refractivity contribution in [2.75, 3.05) is 6.79 Å². The van der Waals surface area contributed by atoms with Crippen LogP contribution < -0.4 is 10.0 Å². The third-order valence-electron chi connectivity index (χ3n) is 4.16. The average molecular weight is 512 g/mol. The molecule has 0 spiro atoms. The molecule has 0 heterocycles. The van der Waals surface area contributed by atoms with Crippen molar-refractivity contribution in [1.29, 1.82) is 0 Å². The minimum atomic E-state index is -4.55. The third kappa shape index (κ3) is 6.82. The summed E-state index contributed by atoms with van der Waals surface area (Å²) in [5, 5.41) is -0.0345. The molecule has 0 aliphatic carbocycles. The molecule has 1 atom stereocenters. The van der Waals surface area contributed by atoms with Crippen molar-refractivity contribution in [3.63, 3.8) is 0 Å². The van der Waals surface area contributed by atoms with Crippen molar-refractivity contribution in [3.8, 4) is 11.5 Å². The van der Waals surface area contributed by atoms with Gasteiger partial charge in [-0.1, -0.05) is 34.6 Å². The Hall–Kier alpha value is -1.86. The number of hydrogen-bond donors (Lipinski definition) is 0. The number of rotatable bonds is 7. The number of halogens is 5. The van der Waals surface area contributed by atoms with Crippen LogP contribution in [0.3, 0.4) is 0 Å². The largest absolute Gasteiger partial charge is 0.554 e. The van der Waals surface area contributed by atoms with E-state index >= 15 is 0 Å². The summed E-state index contributed by atoms with van der Waals surface area (Å²) in [6.07, 6.45) is -4.08. The maximum atomic E-state index is 12.9. The van der Waals surface area contributed by atoms with E-state index in [1.54, 1.807) is 20.8 Å². The lowest BCUT2D eigenvalue weighted by Gasteiger charge is -2.15. The fourth-order valence-electron chi connectivity index (χ4n) is 2.39. The molecule has 5 nitrogen and oxygen atoms in total. The molecule has 0 saturated carbocycles. The smallest absolute Gasteiger partial charge is 0.455 e. The van der Waals surface area contributed by atoms with Gasteiger partial charge in [0.15, 0.2) is 0 Å². The summed E-state index contributed by atoms with van der Waals surface area (Å²) >= 11 is 12.2. The van der Waals surface area contributed by atoms with Gasteiger partial charge in [-0.3, -0.25) is 4.79 Å². The highest BCUT2D eigenvalue weighted by molar-refractivity contribution is 7.48. The fraction of sp³-hybridized carbons (Fsp3) is 0.381. The Morgan fingerprint density at radius 3 is 2.22 bits per heavy atom. The van der Waals surface area contributed by atoms with E-state index in [2.05, 4.69) is 0 Å². The molecule has 0 fully saturated rings. The van der Waals surface area contributed by atoms with Crippen LogP contribution >= 0.6 is 31.2 Å². The van der Waals surface area contributed by atoms with Crippen LogP contribution in [-0.4, -0.2) is 12.8 Å². The normalized spacial score (nSPS) is 12.5. The van der Waals surface area contributed by atoms with Gasteiger partial charge in [0.05, 0.1) is 21.0 Å². The first-order chi connectivity index (χ1) is 14.7. The van der Waals surface area contributed by atoms with Gasteiger partial charge in [-0.2, -0.15) is 13.2 Å². The van der Waals surface area contributed by atoms with Crippen LogP contribution in [0.25, 0.3) is 0 Å². The average Bonchev–Trinajstić information content (AvgIpc) is 2.68. The van der Waals surface area contributed by atoms with Crippen molar-refractivity contribution < 1.29 is 36.5 Å². The van der Waals surface area contributed by atoms with Crippen LogP contribution in [0.2, 0.25) is 10.0 Å². The van der Waals surface area contributed by atoms with Gasteiger partial charge in [-0.25, -0.2) is 0 Å². The molecule has 0 N–H and O–H groups in total. The molecular weight excluding hydrogens is 491 g/mol. The Kier molecular flexibility index (Phi) is 8.56. The number of esters is 1. The summed E-state index contributed by atoms with van der Waals surface area (Å²) in [5.41, 5.74) is -1.06. The van der Waals surface area contributed by atoms with Crippen LogP contribution in [0.4, 0.5) is 13.2 Å². The van der Waals surface area contributed by atoms with Gasteiger partial charge in [0.1, 0.15) is 11.5 Å². The summed E-state index contributed by atoms with van der Waals surface area (Å²) in [6, 6.07) is 5.58. The van der Waals surface area contributed by atoms with Gasteiger partial charge in [-0.15, -0.1) is 0 Å². The summed E-state index contributed by atoms with van der Waals surface area (Å²) in [4.78, 5) is 11.8. The lowest BCUT2D eigenvalue weighted by Crippen LogP contribution is -2.23. The van der Waals surface area contributed by atoms with E-state index in [1.807, 2.05) is 6.92 Å². The maximum absolute atomic E-state index is 12.9. The second-order valence-corrected chi connectivity index (χ2v) is 9.76. The standard InChI is InChI=1S/C21H21Cl2F3O5P/c1-5-12-8-15(23)18(32(28)30-11-29-19(27)20(2,3)4)10-17(12)31-16-7-6-13(9-14(16)22)21(24,25)26/h6-10H,5,11H2,1-4H3/q+1. The molecule has 0 amide bonds. The van der Waals surface area contributed by atoms with E-state index in [4.69, 9.17) is 37.2 Å². The topological polar surface area (TPSA) is 61.8 Å². The first kappa shape index (κ1) is 26.4. The van der Waals surface area contributed by atoms with Crippen LogP contribution in [0.1, 0.15) is 38.8 Å². The number of aryl methyl sites for hydroxylation is 1. The SMILES string of the molecule is CCc1cc(Cl)c([P+](=O)OCOC(=O)C(C)(C)C)cc1Oc1ccc(C(F)(F)F)cc1Cl. The Balaban J connectivity index is 2.25. The van der Waals surface area contributed by atoms with Crippen molar-refractivity contribution >= 4 is 42.5 Å². The van der Waals surface area contributed by atoms with Gasteiger partial charge in [-0.05, 0) is 61.6 Å². The molecule has 32 heavy (non-hydrogen) atoms. The minimum absolute atomic E-state index is 0.0158. The molecule has 1 unspecified atom stereocenters.